The van der Waals surface area contributed by atoms with Crippen LogP contribution in [0, 0.1) is 0 Å². The summed E-state index contributed by atoms with van der Waals surface area (Å²) in [6, 6.07) is 4.20. The summed E-state index contributed by atoms with van der Waals surface area (Å²) in [6.45, 7) is 9.68. The number of nitrogens with zero attached hydrogens (tertiary/aromatic N) is 3. The van der Waals surface area contributed by atoms with Gasteiger partial charge in [0.2, 0.25) is 0 Å². The van der Waals surface area contributed by atoms with E-state index in [4.69, 9.17) is 9.47 Å². The number of hydrogen-bond acceptors (Lipinski definition) is 5. The third-order valence-electron chi connectivity index (χ3n) is 4.37. The van der Waals surface area contributed by atoms with Gasteiger partial charge < -0.3 is 19.3 Å². The van der Waals surface area contributed by atoms with E-state index in [1.54, 1.807) is 0 Å². The Kier molecular flexibility index (Phi) is 4.94. The molecule has 1 atom stereocenters. The molecule has 3 heterocycles. The average molecular weight is 333 g/mol. The molecule has 0 aromatic carbocycles. The fourth-order valence-electron chi connectivity index (χ4n) is 3.23. The SMILES string of the molecule is CC(C)(C)OC(=O)N1CCC[C@H]1c1ccc(N2CCOCC2)nc1. The van der Waals surface area contributed by atoms with Crippen LogP contribution in [0.3, 0.4) is 0 Å². The fourth-order valence-corrected chi connectivity index (χ4v) is 3.23. The highest BCUT2D eigenvalue weighted by atomic mass is 16.6. The van der Waals surface area contributed by atoms with Crippen LogP contribution in [-0.2, 0) is 9.47 Å². The van der Waals surface area contributed by atoms with Crippen LogP contribution in [0.4, 0.5) is 10.6 Å². The van der Waals surface area contributed by atoms with Gasteiger partial charge >= 0.3 is 6.09 Å². The van der Waals surface area contributed by atoms with Crippen LogP contribution in [0.1, 0.15) is 45.2 Å². The molecule has 2 saturated heterocycles. The van der Waals surface area contributed by atoms with Gasteiger partial charge in [-0.2, -0.15) is 0 Å². The van der Waals surface area contributed by atoms with Crippen molar-refractivity contribution in [3.8, 4) is 0 Å². The maximum Gasteiger partial charge on any atom is 0.410 e. The van der Waals surface area contributed by atoms with Gasteiger partial charge in [0.1, 0.15) is 11.4 Å². The largest absolute Gasteiger partial charge is 0.444 e. The molecular weight excluding hydrogens is 306 g/mol. The van der Waals surface area contributed by atoms with E-state index in [-0.39, 0.29) is 12.1 Å². The Morgan fingerprint density at radius 1 is 1.25 bits per heavy atom. The highest BCUT2D eigenvalue weighted by molar-refractivity contribution is 5.69. The molecule has 0 bridgehead atoms. The number of aromatic nitrogens is 1. The number of carbonyl (C=O) groups excluding carboxylic acids is 1. The Morgan fingerprint density at radius 3 is 2.62 bits per heavy atom. The minimum absolute atomic E-state index is 0.0612. The molecule has 0 saturated carbocycles. The highest BCUT2D eigenvalue weighted by Crippen LogP contribution is 2.33. The maximum absolute atomic E-state index is 12.4. The topological polar surface area (TPSA) is 54.9 Å². The number of anilines is 1. The standard InChI is InChI=1S/C18H27N3O3/c1-18(2,3)24-17(22)21-8-4-5-15(21)14-6-7-16(19-13-14)20-9-11-23-12-10-20/h6-7,13,15H,4-5,8-12H2,1-3H3/t15-/m0/s1. The first-order valence-electron chi connectivity index (χ1n) is 8.72. The summed E-state index contributed by atoms with van der Waals surface area (Å²) in [5.41, 5.74) is 0.609. The van der Waals surface area contributed by atoms with Crippen molar-refractivity contribution in [2.75, 3.05) is 37.7 Å². The molecule has 6 heteroatoms. The monoisotopic (exact) mass is 333 g/mol. The van der Waals surface area contributed by atoms with Crippen molar-refractivity contribution in [2.24, 2.45) is 0 Å². The van der Waals surface area contributed by atoms with Crippen molar-refractivity contribution in [1.29, 1.82) is 0 Å². The highest BCUT2D eigenvalue weighted by Gasteiger charge is 2.33. The minimum atomic E-state index is -0.470. The third kappa shape index (κ3) is 3.98. The molecule has 1 aromatic rings. The summed E-state index contributed by atoms with van der Waals surface area (Å²) in [5, 5.41) is 0. The van der Waals surface area contributed by atoms with Gasteiger partial charge in [-0.1, -0.05) is 6.07 Å². The lowest BCUT2D eigenvalue weighted by Gasteiger charge is -2.30. The molecule has 2 aliphatic heterocycles. The molecule has 0 unspecified atom stereocenters. The van der Waals surface area contributed by atoms with Crippen molar-refractivity contribution >= 4 is 11.9 Å². The molecule has 6 nitrogen and oxygen atoms in total. The van der Waals surface area contributed by atoms with Crippen molar-refractivity contribution in [1.82, 2.24) is 9.88 Å². The quantitative estimate of drug-likeness (QED) is 0.833. The van der Waals surface area contributed by atoms with Crippen LogP contribution in [0.15, 0.2) is 18.3 Å². The summed E-state index contributed by atoms with van der Waals surface area (Å²) >= 11 is 0. The summed E-state index contributed by atoms with van der Waals surface area (Å²) < 4.78 is 10.9. The van der Waals surface area contributed by atoms with Gasteiger partial charge in [0.15, 0.2) is 0 Å². The first kappa shape index (κ1) is 17.0. The predicted octanol–water partition coefficient (Wildman–Crippen LogP) is 2.99. The number of carbonyl (C=O) groups is 1. The molecule has 0 N–H and O–H groups in total. The second-order valence-electron chi connectivity index (χ2n) is 7.38. The van der Waals surface area contributed by atoms with E-state index in [1.165, 1.54) is 0 Å². The summed E-state index contributed by atoms with van der Waals surface area (Å²) in [6.07, 6.45) is 3.62. The van der Waals surface area contributed by atoms with Gasteiger partial charge in [0, 0.05) is 25.8 Å². The van der Waals surface area contributed by atoms with E-state index in [0.29, 0.717) is 0 Å². The predicted molar refractivity (Wildman–Crippen MR) is 92.2 cm³/mol. The van der Waals surface area contributed by atoms with E-state index < -0.39 is 5.60 Å². The third-order valence-corrected chi connectivity index (χ3v) is 4.37. The minimum Gasteiger partial charge on any atom is -0.444 e. The lowest BCUT2D eigenvalue weighted by atomic mass is 10.1. The number of ether oxygens (including phenoxy) is 2. The number of pyridine rings is 1. The number of rotatable bonds is 2. The first-order chi connectivity index (χ1) is 11.4. The second-order valence-corrected chi connectivity index (χ2v) is 7.38. The molecule has 132 valence electrons. The average Bonchev–Trinajstić information content (AvgIpc) is 3.04. The van der Waals surface area contributed by atoms with Crippen molar-refractivity contribution in [3.05, 3.63) is 23.9 Å². The normalized spacial score (nSPS) is 21.9. The van der Waals surface area contributed by atoms with Gasteiger partial charge in [0.25, 0.3) is 0 Å². The Bertz CT molecular complexity index is 562. The molecule has 1 amide bonds. The van der Waals surface area contributed by atoms with Gasteiger partial charge in [-0.25, -0.2) is 9.78 Å². The molecule has 0 spiro atoms. The molecular formula is C18H27N3O3. The molecule has 0 radical (unpaired) electrons. The molecule has 2 aliphatic rings. The van der Waals surface area contributed by atoms with Gasteiger partial charge in [-0.3, -0.25) is 0 Å². The molecule has 3 rings (SSSR count). The van der Waals surface area contributed by atoms with Gasteiger partial charge in [-0.15, -0.1) is 0 Å². The zero-order valence-corrected chi connectivity index (χ0v) is 14.8. The maximum atomic E-state index is 12.4. The van der Waals surface area contributed by atoms with Crippen LogP contribution < -0.4 is 4.90 Å². The number of likely N-dealkylation sites (tertiary alicyclic amines) is 1. The van der Waals surface area contributed by atoms with E-state index in [9.17, 15) is 4.79 Å². The zero-order chi connectivity index (χ0) is 17.2. The molecule has 0 aliphatic carbocycles. The van der Waals surface area contributed by atoms with Crippen molar-refractivity contribution in [2.45, 2.75) is 45.3 Å². The Labute approximate surface area is 143 Å². The van der Waals surface area contributed by atoms with Crippen LogP contribution in [0.2, 0.25) is 0 Å². The zero-order valence-electron chi connectivity index (χ0n) is 14.8. The summed E-state index contributed by atoms with van der Waals surface area (Å²) in [4.78, 5) is 21.1. The van der Waals surface area contributed by atoms with E-state index in [0.717, 1.165) is 57.1 Å². The Hall–Kier alpha value is -1.82. The lowest BCUT2D eigenvalue weighted by molar-refractivity contribution is 0.0224. The van der Waals surface area contributed by atoms with Crippen molar-refractivity contribution < 1.29 is 14.3 Å². The number of amides is 1. The smallest absolute Gasteiger partial charge is 0.410 e. The molecule has 24 heavy (non-hydrogen) atoms. The van der Waals surface area contributed by atoms with Crippen LogP contribution in [0.25, 0.3) is 0 Å². The molecule has 1 aromatic heterocycles. The summed E-state index contributed by atoms with van der Waals surface area (Å²) in [7, 11) is 0. The second kappa shape index (κ2) is 6.97. The van der Waals surface area contributed by atoms with Gasteiger partial charge in [-0.05, 0) is 45.2 Å². The first-order valence-corrected chi connectivity index (χ1v) is 8.72. The fraction of sp³-hybridized carbons (Fsp3) is 0.667. The number of hydrogen-bond donors (Lipinski definition) is 0. The molecule has 2 fully saturated rings. The van der Waals surface area contributed by atoms with E-state index in [1.807, 2.05) is 37.9 Å². The van der Waals surface area contributed by atoms with Crippen molar-refractivity contribution in [3.63, 3.8) is 0 Å². The summed E-state index contributed by atoms with van der Waals surface area (Å²) in [5.74, 6) is 0.976. The van der Waals surface area contributed by atoms with E-state index in [2.05, 4.69) is 16.0 Å². The Balaban J connectivity index is 1.69. The van der Waals surface area contributed by atoms with Crippen LogP contribution in [0.5, 0.6) is 0 Å². The van der Waals surface area contributed by atoms with E-state index >= 15 is 0 Å². The van der Waals surface area contributed by atoms with Gasteiger partial charge in [0.05, 0.1) is 19.3 Å². The number of morpholine rings is 1. The van der Waals surface area contributed by atoms with Crippen LogP contribution >= 0.6 is 0 Å². The lowest BCUT2D eigenvalue weighted by Crippen LogP contribution is -2.37. The Morgan fingerprint density at radius 2 is 2.00 bits per heavy atom. The van der Waals surface area contributed by atoms with Crippen LogP contribution in [-0.4, -0.2) is 54.4 Å².